The highest BCUT2D eigenvalue weighted by Gasteiger charge is 2.38. The van der Waals surface area contributed by atoms with Crippen LogP contribution < -0.4 is 21.7 Å². The maximum atomic E-state index is 12.1. The molecular formula is C19H24F3N5O8. The monoisotopic (exact) mass is 507 g/mol. The normalized spacial score (nSPS) is 13.1. The SMILES string of the molecule is C[C@H](NC(=O)Cc1ccncc1)C(=O)N[C@H](C)C(=O)N[C@@H](CC(N)=O)C(=O)O.O=C(O)C(F)(F)F. The summed E-state index contributed by atoms with van der Waals surface area (Å²) in [7, 11) is 0. The van der Waals surface area contributed by atoms with Gasteiger partial charge in [-0.25, -0.2) is 9.59 Å². The summed E-state index contributed by atoms with van der Waals surface area (Å²) in [5.41, 5.74) is 5.66. The van der Waals surface area contributed by atoms with Crippen LogP contribution in [0.4, 0.5) is 13.2 Å². The van der Waals surface area contributed by atoms with Crippen molar-refractivity contribution in [2.45, 2.75) is 51.0 Å². The fourth-order valence-electron chi connectivity index (χ4n) is 2.15. The number of carboxylic acids is 2. The van der Waals surface area contributed by atoms with Gasteiger partial charge in [0.2, 0.25) is 23.6 Å². The first-order chi connectivity index (χ1) is 16.0. The molecule has 0 radical (unpaired) electrons. The smallest absolute Gasteiger partial charge is 0.480 e. The van der Waals surface area contributed by atoms with E-state index in [1.54, 1.807) is 24.5 Å². The summed E-state index contributed by atoms with van der Waals surface area (Å²) in [4.78, 5) is 70.8. The van der Waals surface area contributed by atoms with Crippen LogP contribution in [-0.4, -0.2) is 75.1 Å². The zero-order chi connectivity index (χ0) is 27.3. The van der Waals surface area contributed by atoms with E-state index in [4.69, 9.17) is 20.7 Å². The van der Waals surface area contributed by atoms with Crippen LogP contribution in [0.1, 0.15) is 25.8 Å². The van der Waals surface area contributed by atoms with Crippen molar-refractivity contribution >= 4 is 35.6 Å². The number of amides is 4. The van der Waals surface area contributed by atoms with Crippen LogP contribution >= 0.6 is 0 Å². The van der Waals surface area contributed by atoms with Crippen LogP contribution in [0.2, 0.25) is 0 Å². The third kappa shape index (κ3) is 13.2. The van der Waals surface area contributed by atoms with Gasteiger partial charge >= 0.3 is 18.1 Å². The van der Waals surface area contributed by atoms with E-state index in [1.165, 1.54) is 13.8 Å². The van der Waals surface area contributed by atoms with Crippen LogP contribution in [0.25, 0.3) is 0 Å². The van der Waals surface area contributed by atoms with Gasteiger partial charge in [0, 0.05) is 12.4 Å². The first-order valence-electron chi connectivity index (χ1n) is 9.64. The van der Waals surface area contributed by atoms with Crippen LogP contribution in [0.5, 0.6) is 0 Å². The molecule has 0 aliphatic heterocycles. The number of carbonyl (C=O) groups excluding carboxylic acids is 4. The number of primary amides is 1. The van der Waals surface area contributed by atoms with E-state index in [-0.39, 0.29) is 6.42 Å². The summed E-state index contributed by atoms with van der Waals surface area (Å²) in [5, 5.41) is 23.1. The number of aromatic nitrogens is 1. The van der Waals surface area contributed by atoms with E-state index in [0.717, 1.165) is 5.56 Å². The molecule has 0 unspecified atom stereocenters. The highest BCUT2D eigenvalue weighted by Crippen LogP contribution is 2.13. The van der Waals surface area contributed by atoms with Crippen molar-refractivity contribution in [3.05, 3.63) is 30.1 Å². The molecule has 0 aliphatic rings. The summed E-state index contributed by atoms with van der Waals surface area (Å²) < 4.78 is 31.7. The highest BCUT2D eigenvalue weighted by atomic mass is 19.4. The molecule has 1 heterocycles. The number of aliphatic carboxylic acids is 2. The number of nitrogens with one attached hydrogen (secondary N) is 3. The Morgan fingerprint density at radius 2 is 1.40 bits per heavy atom. The molecule has 0 fully saturated rings. The van der Waals surface area contributed by atoms with E-state index in [9.17, 15) is 37.1 Å². The zero-order valence-electron chi connectivity index (χ0n) is 18.5. The topological polar surface area (TPSA) is 218 Å². The molecule has 1 aromatic rings. The lowest BCUT2D eigenvalue weighted by molar-refractivity contribution is -0.192. The molecule has 0 aliphatic carbocycles. The molecule has 1 rings (SSSR count). The minimum atomic E-state index is -5.08. The average Bonchev–Trinajstić information content (AvgIpc) is 2.72. The second-order valence-corrected chi connectivity index (χ2v) is 6.92. The number of nitrogens with zero attached hydrogens (tertiary/aromatic N) is 1. The van der Waals surface area contributed by atoms with Crippen molar-refractivity contribution in [1.29, 1.82) is 0 Å². The minimum absolute atomic E-state index is 0.0591. The van der Waals surface area contributed by atoms with Crippen molar-refractivity contribution < 1.29 is 52.2 Å². The van der Waals surface area contributed by atoms with Gasteiger partial charge in [0.15, 0.2) is 0 Å². The number of alkyl halides is 3. The largest absolute Gasteiger partial charge is 0.490 e. The first kappa shape index (κ1) is 30.8. The van der Waals surface area contributed by atoms with Gasteiger partial charge in [-0.1, -0.05) is 0 Å². The van der Waals surface area contributed by atoms with E-state index < -0.39 is 66.3 Å². The molecule has 13 nitrogen and oxygen atoms in total. The summed E-state index contributed by atoms with van der Waals surface area (Å²) in [5.74, 6) is -6.91. The Hall–Kier alpha value is -4.24. The van der Waals surface area contributed by atoms with Gasteiger partial charge in [-0.3, -0.25) is 24.2 Å². The Morgan fingerprint density at radius 3 is 1.83 bits per heavy atom. The Labute approximate surface area is 196 Å². The lowest BCUT2D eigenvalue weighted by Gasteiger charge is -2.20. The predicted molar refractivity (Wildman–Crippen MR) is 110 cm³/mol. The fraction of sp³-hybridized carbons (Fsp3) is 0.421. The third-order valence-electron chi connectivity index (χ3n) is 3.90. The number of nitrogens with two attached hydrogens (primary N) is 1. The van der Waals surface area contributed by atoms with Crippen molar-refractivity contribution in [1.82, 2.24) is 20.9 Å². The number of halogens is 3. The summed E-state index contributed by atoms with van der Waals surface area (Å²) >= 11 is 0. The van der Waals surface area contributed by atoms with Crippen LogP contribution in [0.15, 0.2) is 24.5 Å². The Bertz CT molecular complexity index is 927. The number of hydrogen-bond acceptors (Lipinski definition) is 7. The number of rotatable bonds is 10. The zero-order valence-corrected chi connectivity index (χ0v) is 18.5. The molecule has 194 valence electrons. The molecule has 0 spiro atoms. The molecule has 35 heavy (non-hydrogen) atoms. The van der Waals surface area contributed by atoms with Crippen LogP contribution in [0, 0.1) is 0 Å². The standard InChI is InChI=1S/C17H23N5O6.C2HF3O2/c1-9(20-14(24)7-11-3-5-19-6-4-11)15(25)21-10(2)16(26)22-12(17(27)28)8-13(18)23;3-2(4,5)1(6)7/h3-6,9-10,12H,7-8H2,1-2H3,(H2,18,23)(H,20,24)(H,21,25)(H,22,26)(H,27,28);(H,6,7)/t9-,10+,12-;/m0./s1. The quantitative estimate of drug-likeness (QED) is 0.222. The van der Waals surface area contributed by atoms with Gasteiger partial charge < -0.3 is 31.9 Å². The highest BCUT2D eigenvalue weighted by molar-refractivity contribution is 5.94. The molecular weight excluding hydrogens is 483 g/mol. The predicted octanol–water partition coefficient (Wildman–Crippen LogP) is -1.29. The number of carbonyl (C=O) groups is 6. The summed E-state index contributed by atoms with van der Waals surface area (Å²) in [6.07, 6.45) is -2.52. The van der Waals surface area contributed by atoms with Crippen LogP contribution in [-0.2, 0) is 35.2 Å². The first-order valence-corrected chi connectivity index (χ1v) is 9.64. The third-order valence-corrected chi connectivity index (χ3v) is 3.90. The van der Waals surface area contributed by atoms with E-state index in [2.05, 4.69) is 20.9 Å². The minimum Gasteiger partial charge on any atom is -0.480 e. The molecule has 0 bridgehead atoms. The second kappa shape index (κ2) is 14.1. The molecule has 0 saturated carbocycles. The van der Waals surface area contributed by atoms with Gasteiger partial charge in [0.25, 0.3) is 0 Å². The number of carboxylic acid groups (broad SMARTS) is 2. The van der Waals surface area contributed by atoms with E-state index >= 15 is 0 Å². The maximum absolute atomic E-state index is 12.1. The fourth-order valence-corrected chi connectivity index (χ4v) is 2.15. The van der Waals surface area contributed by atoms with Gasteiger partial charge in [0.05, 0.1) is 12.8 Å². The summed E-state index contributed by atoms with van der Waals surface area (Å²) in [6.45, 7) is 2.78. The van der Waals surface area contributed by atoms with Gasteiger partial charge in [-0.2, -0.15) is 13.2 Å². The van der Waals surface area contributed by atoms with Crippen molar-refractivity contribution in [3.8, 4) is 0 Å². The molecule has 16 heteroatoms. The number of hydrogen-bond donors (Lipinski definition) is 6. The molecule has 4 amide bonds. The maximum Gasteiger partial charge on any atom is 0.490 e. The Morgan fingerprint density at radius 1 is 0.943 bits per heavy atom. The van der Waals surface area contributed by atoms with Crippen molar-refractivity contribution in [3.63, 3.8) is 0 Å². The van der Waals surface area contributed by atoms with Crippen LogP contribution in [0.3, 0.4) is 0 Å². The second-order valence-electron chi connectivity index (χ2n) is 6.92. The van der Waals surface area contributed by atoms with Crippen molar-refractivity contribution in [2.24, 2.45) is 5.73 Å². The van der Waals surface area contributed by atoms with Crippen molar-refractivity contribution in [2.75, 3.05) is 0 Å². The molecule has 3 atom stereocenters. The average molecular weight is 507 g/mol. The summed E-state index contributed by atoms with van der Waals surface area (Å²) in [6, 6.07) is -0.183. The Balaban J connectivity index is 0.00000143. The van der Waals surface area contributed by atoms with Gasteiger partial charge in [-0.15, -0.1) is 0 Å². The lowest BCUT2D eigenvalue weighted by atomic mass is 10.1. The van der Waals surface area contributed by atoms with Gasteiger partial charge in [0.1, 0.15) is 18.1 Å². The van der Waals surface area contributed by atoms with Gasteiger partial charge in [-0.05, 0) is 31.5 Å². The Kier molecular flexibility index (Phi) is 12.4. The number of pyridine rings is 1. The lowest BCUT2D eigenvalue weighted by Crippen LogP contribution is -2.54. The van der Waals surface area contributed by atoms with E-state index in [1.807, 2.05) is 0 Å². The molecule has 0 saturated heterocycles. The molecule has 7 N–H and O–H groups in total. The molecule has 1 aromatic heterocycles. The molecule has 0 aromatic carbocycles. The van der Waals surface area contributed by atoms with E-state index in [0.29, 0.717) is 0 Å².